The van der Waals surface area contributed by atoms with Gasteiger partial charge in [0.05, 0.1) is 17.7 Å². The van der Waals surface area contributed by atoms with Gasteiger partial charge in [0.15, 0.2) is 0 Å². The van der Waals surface area contributed by atoms with Crippen LogP contribution in [0, 0.1) is 13.8 Å². The molecule has 0 radical (unpaired) electrons. The molecule has 4 rings (SSSR count). The molecule has 1 heterocycles. The SMILES string of the molecule is COc1ccc(C)cc1N(CC(=O)Nc1ccc(C)c(N2CCCC2=O)c1)S(=O)(=O)c1ccccc1. The molecular weight excluding hydrogens is 478 g/mol. The second-order valence-electron chi connectivity index (χ2n) is 8.70. The Labute approximate surface area is 211 Å². The summed E-state index contributed by atoms with van der Waals surface area (Å²) in [7, 11) is -2.63. The van der Waals surface area contributed by atoms with Crippen LogP contribution >= 0.6 is 0 Å². The second kappa shape index (κ2) is 10.4. The number of nitrogens with one attached hydrogen (secondary N) is 1. The predicted octanol–water partition coefficient (Wildman–Crippen LogP) is 4.27. The molecule has 8 nitrogen and oxygen atoms in total. The van der Waals surface area contributed by atoms with E-state index in [9.17, 15) is 18.0 Å². The van der Waals surface area contributed by atoms with Crippen molar-refractivity contribution in [3.8, 4) is 5.75 Å². The van der Waals surface area contributed by atoms with Gasteiger partial charge < -0.3 is 15.0 Å². The lowest BCUT2D eigenvalue weighted by Crippen LogP contribution is -2.38. The molecule has 0 saturated carbocycles. The molecule has 2 amide bonds. The van der Waals surface area contributed by atoms with Gasteiger partial charge >= 0.3 is 0 Å². The molecule has 0 unspecified atom stereocenters. The number of carbonyl (C=O) groups is 2. The first-order valence-electron chi connectivity index (χ1n) is 11.6. The normalized spacial score (nSPS) is 13.5. The highest BCUT2D eigenvalue weighted by atomic mass is 32.2. The molecule has 1 aliphatic heterocycles. The quantitative estimate of drug-likeness (QED) is 0.491. The maximum Gasteiger partial charge on any atom is 0.264 e. The number of hydrogen-bond donors (Lipinski definition) is 1. The number of hydrogen-bond acceptors (Lipinski definition) is 5. The molecule has 188 valence electrons. The van der Waals surface area contributed by atoms with Gasteiger partial charge in [0, 0.05) is 24.3 Å². The van der Waals surface area contributed by atoms with Gasteiger partial charge in [-0.2, -0.15) is 0 Å². The van der Waals surface area contributed by atoms with E-state index in [1.54, 1.807) is 47.4 Å². The lowest BCUT2D eigenvalue weighted by atomic mass is 10.1. The standard InChI is InChI=1S/C27H29N3O5S/c1-19-11-14-25(35-3)24(16-19)30(36(33,34)22-8-5-4-6-9-22)18-26(31)28-21-13-12-20(2)23(17-21)29-15-7-10-27(29)32/h4-6,8-9,11-14,16-17H,7,10,15,18H2,1-3H3,(H,28,31). The van der Waals surface area contributed by atoms with Crippen molar-refractivity contribution in [1.82, 2.24) is 0 Å². The Kier molecular flexibility index (Phi) is 7.30. The van der Waals surface area contributed by atoms with E-state index in [4.69, 9.17) is 4.74 Å². The van der Waals surface area contributed by atoms with Crippen LogP contribution < -0.4 is 19.3 Å². The molecule has 1 N–H and O–H groups in total. The van der Waals surface area contributed by atoms with Crippen molar-refractivity contribution >= 4 is 38.9 Å². The first-order valence-corrected chi connectivity index (χ1v) is 13.1. The summed E-state index contributed by atoms with van der Waals surface area (Å²) in [6.07, 6.45) is 1.29. The summed E-state index contributed by atoms with van der Waals surface area (Å²) < 4.78 is 33.8. The Hall–Kier alpha value is -3.85. The van der Waals surface area contributed by atoms with Crippen LogP contribution in [-0.2, 0) is 19.6 Å². The molecule has 0 aliphatic carbocycles. The molecular formula is C27H29N3O5S. The monoisotopic (exact) mass is 507 g/mol. The third-order valence-electron chi connectivity index (χ3n) is 6.08. The fourth-order valence-corrected chi connectivity index (χ4v) is 5.67. The maximum atomic E-state index is 13.7. The van der Waals surface area contributed by atoms with Crippen molar-refractivity contribution in [1.29, 1.82) is 0 Å². The third kappa shape index (κ3) is 5.21. The Bertz CT molecular complexity index is 1390. The molecule has 3 aromatic carbocycles. The van der Waals surface area contributed by atoms with Crippen LogP contribution in [0.25, 0.3) is 0 Å². The van der Waals surface area contributed by atoms with Gasteiger partial charge in [0.25, 0.3) is 10.0 Å². The van der Waals surface area contributed by atoms with Crippen LogP contribution in [0.4, 0.5) is 17.1 Å². The number of aryl methyl sites for hydroxylation is 2. The van der Waals surface area contributed by atoms with Crippen molar-refractivity contribution in [3.63, 3.8) is 0 Å². The fourth-order valence-electron chi connectivity index (χ4n) is 4.23. The Morgan fingerprint density at radius 3 is 2.47 bits per heavy atom. The molecule has 1 fully saturated rings. The molecule has 0 spiro atoms. The van der Waals surface area contributed by atoms with E-state index in [0.717, 1.165) is 27.5 Å². The minimum absolute atomic E-state index is 0.0493. The van der Waals surface area contributed by atoms with Crippen LogP contribution in [0.3, 0.4) is 0 Å². The van der Waals surface area contributed by atoms with Gasteiger partial charge in [0.2, 0.25) is 11.8 Å². The molecule has 1 aliphatic rings. The van der Waals surface area contributed by atoms with Gasteiger partial charge in [-0.25, -0.2) is 8.42 Å². The number of carbonyl (C=O) groups excluding carboxylic acids is 2. The molecule has 0 bridgehead atoms. The fraction of sp³-hybridized carbons (Fsp3) is 0.259. The highest BCUT2D eigenvalue weighted by Crippen LogP contribution is 2.34. The third-order valence-corrected chi connectivity index (χ3v) is 7.85. The van der Waals surface area contributed by atoms with E-state index in [-0.39, 0.29) is 16.5 Å². The van der Waals surface area contributed by atoms with E-state index in [2.05, 4.69) is 5.32 Å². The summed E-state index contributed by atoms with van der Waals surface area (Å²) in [6.45, 7) is 3.91. The smallest absolute Gasteiger partial charge is 0.264 e. The van der Waals surface area contributed by atoms with Crippen LogP contribution in [0.15, 0.2) is 71.6 Å². The van der Waals surface area contributed by atoms with E-state index < -0.39 is 22.5 Å². The van der Waals surface area contributed by atoms with Gasteiger partial charge in [-0.3, -0.25) is 13.9 Å². The number of amides is 2. The summed E-state index contributed by atoms with van der Waals surface area (Å²) in [4.78, 5) is 27.2. The van der Waals surface area contributed by atoms with Crippen molar-refractivity contribution in [2.45, 2.75) is 31.6 Å². The average molecular weight is 508 g/mol. The number of ether oxygens (including phenoxy) is 1. The molecule has 0 atom stereocenters. The molecule has 3 aromatic rings. The highest BCUT2D eigenvalue weighted by Gasteiger charge is 2.30. The van der Waals surface area contributed by atoms with Crippen molar-refractivity contribution < 1.29 is 22.7 Å². The predicted molar refractivity (Wildman–Crippen MR) is 140 cm³/mol. The first-order chi connectivity index (χ1) is 17.2. The number of nitrogens with zero attached hydrogens (tertiary/aromatic N) is 2. The van der Waals surface area contributed by atoms with Crippen LogP contribution in [0.1, 0.15) is 24.0 Å². The van der Waals surface area contributed by atoms with Gasteiger partial charge in [-0.1, -0.05) is 30.3 Å². The largest absolute Gasteiger partial charge is 0.495 e. The van der Waals surface area contributed by atoms with Crippen molar-refractivity contribution in [3.05, 3.63) is 77.9 Å². The summed E-state index contributed by atoms with van der Waals surface area (Å²) in [5, 5.41) is 2.80. The van der Waals surface area contributed by atoms with Crippen LogP contribution in [-0.4, -0.2) is 40.4 Å². The Morgan fingerprint density at radius 2 is 1.81 bits per heavy atom. The zero-order valence-corrected chi connectivity index (χ0v) is 21.3. The maximum absolute atomic E-state index is 13.7. The van der Waals surface area contributed by atoms with E-state index in [0.29, 0.717) is 24.4 Å². The lowest BCUT2D eigenvalue weighted by molar-refractivity contribution is -0.117. The zero-order chi connectivity index (χ0) is 25.9. The van der Waals surface area contributed by atoms with E-state index >= 15 is 0 Å². The number of benzene rings is 3. The van der Waals surface area contributed by atoms with E-state index in [1.165, 1.54) is 19.2 Å². The van der Waals surface area contributed by atoms with Crippen molar-refractivity contribution in [2.75, 3.05) is 34.7 Å². The molecule has 9 heteroatoms. The number of methoxy groups -OCH3 is 1. The van der Waals surface area contributed by atoms with Gasteiger partial charge in [-0.15, -0.1) is 0 Å². The van der Waals surface area contributed by atoms with Crippen LogP contribution in [0.2, 0.25) is 0 Å². The summed E-state index contributed by atoms with van der Waals surface area (Å²) in [5.41, 5.74) is 3.22. The topological polar surface area (TPSA) is 96.0 Å². The van der Waals surface area contributed by atoms with E-state index in [1.807, 2.05) is 26.0 Å². The van der Waals surface area contributed by atoms with Crippen molar-refractivity contribution in [2.24, 2.45) is 0 Å². The second-order valence-corrected chi connectivity index (χ2v) is 10.6. The lowest BCUT2D eigenvalue weighted by Gasteiger charge is -2.26. The number of anilines is 3. The number of rotatable bonds is 8. The summed E-state index contributed by atoms with van der Waals surface area (Å²) in [6, 6.07) is 18.4. The van der Waals surface area contributed by atoms with Crippen LogP contribution in [0.5, 0.6) is 5.75 Å². The first kappa shape index (κ1) is 25.2. The summed E-state index contributed by atoms with van der Waals surface area (Å²) in [5.74, 6) is -0.146. The summed E-state index contributed by atoms with van der Waals surface area (Å²) >= 11 is 0. The molecule has 1 saturated heterocycles. The minimum Gasteiger partial charge on any atom is -0.495 e. The van der Waals surface area contributed by atoms with Gasteiger partial charge in [-0.05, 0) is 67.8 Å². The zero-order valence-electron chi connectivity index (χ0n) is 20.5. The average Bonchev–Trinajstić information content (AvgIpc) is 3.29. The molecule has 0 aromatic heterocycles. The minimum atomic E-state index is -4.09. The molecule has 36 heavy (non-hydrogen) atoms. The number of sulfonamides is 1. The highest BCUT2D eigenvalue weighted by molar-refractivity contribution is 7.92. The van der Waals surface area contributed by atoms with Gasteiger partial charge in [0.1, 0.15) is 12.3 Å². The Morgan fingerprint density at radius 1 is 1.06 bits per heavy atom. The Balaban J connectivity index is 1.67.